The van der Waals surface area contributed by atoms with Crippen LogP contribution in [-0.4, -0.2) is 55.5 Å². The molecule has 0 bridgehead atoms. The summed E-state index contributed by atoms with van der Waals surface area (Å²) in [6, 6.07) is 0. The number of rotatable bonds is 3. The molecule has 1 saturated heterocycles. The lowest BCUT2D eigenvalue weighted by molar-refractivity contribution is -0.147. The minimum atomic E-state index is -2.88. The molecule has 88 valence electrons. The van der Waals surface area contributed by atoms with Gasteiger partial charge in [-0.15, -0.1) is 0 Å². The topological polar surface area (TPSA) is 74.7 Å². The molecule has 0 atom stereocenters. The molecule has 0 amide bonds. The molecule has 1 rings (SSSR count). The van der Waals surface area contributed by atoms with Gasteiger partial charge in [-0.3, -0.25) is 4.79 Å². The molecule has 1 aliphatic heterocycles. The second kappa shape index (κ2) is 4.09. The third-order valence-electron chi connectivity index (χ3n) is 2.63. The number of carboxylic acids is 1. The van der Waals surface area contributed by atoms with E-state index in [4.69, 9.17) is 5.11 Å². The summed E-state index contributed by atoms with van der Waals surface area (Å²) >= 11 is 0. The Morgan fingerprint density at radius 2 is 1.80 bits per heavy atom. The van der Waals surface area contributed by atoms with Gasteiger partial charge in [0.05, 0.1) is 16.9 Å². The number of carboxylic acid groups (broad SMARTS) is 1. The monoisotopic (exact) mass is 235 g/mol. The molecule has 0 aromatic carbocycles. The van der Waals surface area contributed by atoms with Gasteiger partial charge in [-0.2, -0.15) is 0 Å². The van der Waals surface area contributed by atoms with Crippen molar-refractivity contribution in [3.63, 3.8) is 0 Å². The van der Waals surface area contributed by atoms with Crippen LogP contribution in [0.15, 0.2) is 0 Å². The van der Waals surface area contributed by atoms with Gasteiger partial charge in [0.2, 0.25) is 0 Å². The highest BCUT2D eigenvalue weighted by Crippen LogP contribution is 2.18. The third kappa shape index (κ3) is 3.46. The summed E-state index contributed by atoms with van der Waals surface area (Å²) in [7, 11) is -2.88. The minimum Gasteiger partial charge on any atom is -0.481 e. The average molecular weight is 235 g/mol. The lowest BCUT2D eigenvalue weighted by atomic mass is 9.93. The van der Waals surface area contributed by atoms with Crippen molar-refractivity contribution in [2.75, 3.05) is 31.1 Å². The number of sulfone groups is 1. The fourth-order valence-electron chi connectivity index (χ4n) is 1.53. The Hall–Kier alpha value is -0.620. The molecule has 0 aromatic heterocycles. The third-order valence-corrected chi connectivity index (χ3v) is 4.24. The molecule has 0 radical (unpaired) electrons. The molecule has 1 aliphatic rings. The zero-order chi connectivity index (χ0) is 11.7. The predicted octanol–water partition coefficient (Wildman–Crippen LogP) is -0.172. The molecule has 1 N–H and O–H groups in total. The highest BCUT2D eigenvalue weighted by Gasteiger charge is 2.32. The Bertz CT molecular complexity index is 333. The zero-order valence-electron chi connectivity index (χ0n) is 9.06. The molecular formula is C9H17NO4S. The van der Waals surface area contributed by atoms with Crippen molar-refractivity contribution < 1.29 is 18.3 Å². The van der Waals surface area contributed by atoms with Gasteiger partial charge in [-0.25, -0.2) is 8.42 Å². The first-order chi connectivity index (χ1) is 6.73. The molecular weight excluding hydrogens is 218 g/mol. The Morgan fingerprint density at radius 3 is 2.20 bits per heavy atom. The van der Waals surface area contributed by atoms with Crippen molar-refractivity contribution in [3.05, 3.63) is 0 Å². The van der Waals surface area contributed by atoms with Gasteiger partial charge in [-0.1, -0.05) is 0 Å². The maximum atomic E-state index is 11.2. The van der Waals surface area contributed by atoms with Crippen LogP contribution >= 0.6 is 0 Å². The van der Waals surface area contributed by atoms with Crippen molar-refractivity contribution in [2.24, 2.45) is 5.41 Å². The maximum Gasteiger partial charge on any atom is 0.310 e. The highest BCUT2D eigenvalue weighted by molar-refractivity contribution is 7.91. The summed E-state index contributed by atoms with van der Waals surface area (Å²) in [4.78, 5) is 12.8. The minimum absolute atomic E-state index is 0.142. The van der Waals surface area contributed by atoms with Gasteiger partial charge in [0.25, 0.3) is 0 Å². The van der Waals surface area contributed by atoms with Gasteiger partial charge in [0.1, 0.15) is 0 Å². The van der Waals surface area contributed by atoms with Gasteiger partial charge in [0.15, 0.2) is 9.84 Å². The number of aliphatic carboxylic acids is 1. The molecule has 15 heavy (non-hydrogen) atoms. The fraction of sp³-hybridized carbons (Fsp3) is 0.889. The second-order valence-corrected chi connectivity index (χ2v) is 6.92. The van der Waals surface area contributed by atoms with E-state index >= 15 is 0 Å². The SMILES string of the molecule is CC(C)(CN1CCS(=O)(=O)CC1)C(=O)O. The van der Waals surface area contributed by atoms with Crippen molar-refractivity contribution in [1.29, 1.82) is 0 Å². The van der Waals surface area contributed by atoms with Crippen molar-refractivity contribution in [3.8, 4) is 0 Å². The fourth-order valence-corrected chi connectivity index (χ4v) is 2.81. The molecule has 1 fully saturated rings. The molecule has 0 unspecified atom stereocenters. The summed E-state index contributed by atoms with van der Waals surface area (Å²) < 4.78 is 22.3. The van der Waals surface area contributed by atoms with E-state index in [0.29, 0.717) is 19.6 Å². The number of hydrogen-bond acceptors (Lipinski definition) is 4. The van der Waals surface area contributed by atoms with E-state index in [2.05, 4.69) is 0 Å². The molecule has 5 nitrogen and oxygen atoms in total. The first-order valence-electron chi connectivity index (χ1n) is 4.89. The van der Waals surface area contributed by atoms with Crippen LogP contribution in [0.4, 0.5) is 0 Å². The molecule has 0 aromatic rings. The zero-order valence-corrected chi connectivity index (χ0v) is 9.88. The summed E-state index contributed by atoms with van der Waals surface area (Å²) in [5, 5.41) is 8.93. The Labute approximate surface area is 90.0 Å². The van der Waals surface area contributed by atoms with Crippen LogP contribution < -0.4 is 0 Å². The van der Waals surface area contributed by atoms with Gasteiger partial charge < -0.3 is 10.0 Å². The summed E-state index contributed by atoms with van der Waals surface area (Å²) in [5.74, 6) is -0.568. The van der Waals surface area contributed by atoms with Crippen LogP contribution in [0.5, 0.6) is 0 Å². The molecule has 0 saturated carbocycles. The van der Waals surface area contributed by atoms with Crippen molar-refractivity contribution in [1.82, 2.24) is 4.90 Å². The van der Waals surface area contributed by atoms with Gasteiger partial charge in [-0.05, 0) is 13.8 Å². The smallest absolute Gasteiger partial charge is 0.310 e. The molecule has 0 aliphatic carbocycles. The molecule has 1 heterocycles. The summed E-state index contributed by atoms with van der Waals surface area (Å²) in [5.41, 5.74) is -0.818. The van der Waals surface area contributed by atoms with Gasteiger partial charge in [0, 0.05) is 19.6 Å². The summed E-state index contributed by atoms with van der Waals surface area (Å²) in [6.45, 7) is 4.59. The van der Waals surface area contributed by atoms with Crippen LogP contribution in [0.2, 0.25) is 0 Å². The largest absolute Gasteiger partial charge is 0.481 e. The second-order valence-electron chi connectivity index (χ2n) is 4.62. The summed E-state index contributed by atoms with van der Waals surface area (Å²) in [6.07, 6.45) is 0. The Kier molecular flexibility index (Phi) is 3.40. The van der Waals surface area contributed by atoms with E-state index in [9.17, 15) is 13.2 Å². The average Bonchev–Trinajstić information content (AvgIpc) is 2.08. The number of nitrogens with zero attached hydrogens (tertiary/aromatic N) is 1. The van der Waals surface area contributed by atoms with Crippen LogP contribution in [0.1, 0.15) is 13.8 Å². The first-order valence-corrected chi connectivity index (χ1v) is 6.71. The van der Waals surface area contributed by atoms with Crippen molar-refractivity contribution in [2.45, 2.75) is 13.8 Å². The van der Waals surface area contributed by atoms with Crippen LogP contribution in [0, 0.1) is 5.41 Å². The van der Waals surface area contributed by atoms with E-state index in [1.54, 1.807) is 13.8 Å². The van der Waals surface area contributed by atoms with E-state index in [1.807, 2.05) is 4.90 Å². The Morgan fingerprint density at radius 1 is 1.33 bits per heavy atom. The lowest BCUT2D eigenvalue weighted by Crippen LogP contribution is -2.46. The lowest BCUT2D eigenvalue weighted by Gasteiger charge is -2.32. The number of carbonyl (C=O) groups is 1. The predicted molar refractivity (Wildman–Crippen MR) is 56.5 cm³/mol. The van der Waals surface area contributed by atoms with Crippen LogP contribution in [0.25, 0.3) is 0 Å². The first kappa shape index (κ1) is 12.4. The van der Waals surface area contributed by atoms with E-state index in [-0.39, 0.29) is 11.5 Å². The Balaban J connectivity index is 2.53. The normalized spacial score (nSPS) is 22.5. The standard InChI is InChI=1S/C9H17NO4S/c1-9(2,8(11)12)7-10-3-5-15(13,14)6-4-10/h3-7H2,1-2H3,(H,11,12). The van der Waals surface area contributed by atoms with Crippen molar-refractivity contribution >= 4 is 15.8 Å². The maximum absolute atomic E-state index is 11.2. The molecule has 6 heteroatoms. The van der Waals surface area contributed by atoms with Gasteiger partial charge >= 0.3 is 5.97 Å². The quantitative estimate of drug-likeness (QED) is 0.735. The van der Waals surface area contributed by atoms with E-state index in [1.165, 1.54) is 0 Å². The van der Waals surface area contributed by atoms with Crippen LogP contribution in [0.3, 0.4) is 0 Å². The van der Waals surface area contributed by atoms with E-state index < -0.39 is 21.2 Å². The van der Waals surface area contributed by atoms with E-state index in [0.717, 1.165) is 0 Å². The highest BCUT2D eigenvalue weighted by atomic mass is 32.2. The number of hydrogen-bond donors (Lipinski definition) is 1. The van der Waals surface area contributed by atoms with Crippen LogP contribution in [-0.2, 0) is 14.6 Å². The molecule has 0 spiro atoms.